The Kier molecular flexibility index (Phi) is 6.79. The van der Waals surface area contributed by atoms with Crippen molar-refractivity contribution in [2.24, 2.45) is 5.92 Å². The van der Waals surface area contributed by atoms with Crippen LogP contribution in [0.4, 0.5) is 0 Å². The summed E-state index contributed by atoms with van der Waals surface area (Å²) < 4.78 is 18.4. The van der Waals surface area contributed by atoms with Crippen molar-refractivity contribution >= 4 is 11.3 Å². The van der Waals surface area contributed by atoms with Crippen molar-refractivity contribution in [2.75, 3.05) is 26.8 Å². The lowest BCUT2D eigenvalue weighted by Crippen LogP contribution is -2.35. The molecule has 1 fully saturated rings. The van der Waals surface area contributed by atoms with Gasteiger partial charge in [0.1, 0.15) is 35.4 Å². The number of fused-ring (bicyclic) bond motifs is 1. The molecule has 2 aliphatic heterocycles. The highest BCUT2D eigenvalue weighted by molar-refractivity contribution is 5.94. The maximum Gasteiger partial charge on any atom is 0.153 e. The van der Waals surface area contributed by atoms with E-state index >= 15 is 0 Å². The maximum absolute atomic E-state index is 10.2. The van der Waals surface area contributed by atoms with Gasteiger partial charge in [-0.15, -0.1) is 0 Å². The molecule has 36 heavy (non-hydrogen) atoms. The molecule has 2 aliphatic rings. The number of ether oxygens (including phenoxy) is 3. The van der Waals surface area contributed by atoms with E-state index in [9.17, 15) is 10.2 Å². The van der Waals surface area contributed by atoms with Crippen molar-refractivity contribution in [2.45, 2.75) is 32.4 Å². The number of rotatable bonds is 7. The molecule has 3 aromatic carbocycles. The third-order valence-electron chi connectivity index (χ3n) is 7.07. The van der Waals surface area contributed by atoms with Gasteiger partial charge in [0.25, 0.3) is 0 Å². The topological polar surface area (TPSA) is 71.4 Å². The van der Waals surface area contributed by atoms with Crippen molar-refractivity contribution in [1.82, 2.24) is 4.90 Å². The molecule has 0 spiro atoms. The van der Waals surface area contributed by atoms with Gasteiger partial charge in [-0.2, -0.15) is 0 Å². The van der Waals surface area contributed by atoms with Gasteiger partial charge in [0.05, 0.1) is 12.7 Å². The van der Waals surface area contributed by atoms with Crippen molar-refractivity contribution in [1.29, 1.82) is 0 Å². The quantitative estimate of drug-likeness (QED) is 0.435. The molecular weight excluding hydrogens is 454 g/mol. The lowest BCUT2D eigenvalue weighted by Gasteiger charge is -2.31. The van der Waals surface area contributed by atoms with Gasteiger partial charge in [-0.3, -0.25) is 4.90 Å². The third kappa shape index (κ3) is 4.86. The molecule has 3 atom stereocenters. The molecule has 0 aromatic heterocycles. The lowest BCUT2D eigenvalue weighted by atomic mass is 9.89. The van der Waals surface area contributed by atoms with E-state index in [0.29, 0.717) is 29.7 Å². The highest BCUT2D eigenvalue weighted by atomic mass is 16.5. The predicted octanol–water partition coefficient (Wildman–Crippen LogP) is 5.86. The second kappa shape index (κ2) is 10.2. The Bertz CT molecular complexity index is 1250. The van der Waals surface area contributed by atoms with Crippen LogP contribution in [0.3, 0.4) is 0 Å². The van der Waals surface area contributed by atoms with Gasteiger partial charge in [0, 0.05) is 18.2 Å². The highest BCUT2D eigenvalue weighted by Gasteiger charge is 2.32. The fourth-order valence-electron chi connectivity index (χ4n) is 5.09. The molecule has 6 heteroatoms. The summed E-state index contributed by atoms with van der Waals surface area (Å²) in [6, 6.07) is 20.3. The number of benzene rings is 3. The second-order valence-electron chi connectivity index (χ2n) is 9.79. The number of hydrogen-bond acceptors (Lipinski definition) is 6. The second-order valence-corrected chi connectivity index (χ2v) is 9.79. The molecular formula is C30H33NO5. The average molecular weight is 488 g/mol. The Labute approximate surface area is 212 Å². The van der Waals surface area contributed by atoms with E-state index in [-0.39, 0.29) is 11.5 Å². The largest absolute Gasteiger partial charge is 0.508 e. The summed E-state index contributed by atoms with van der Waals surface area (Å²) in [6.45, 7) is 7.43. The minimum Gasteiger partial charge on any atom is -0.508 e. The van der Waals surface area contributed by atoms with E-state index in [4.69, 9.17) is 14.2 Å². The summed E-state index contributed by atoms with van der Waals surface area (Å²) in [5, 5.41) is 20.3. The molecule has 6 nitrogen and oxygen atoms in total. The fourth-order valence-corrected chi connectivity index (χ4v) is 5.09. The molecule has 0 bridgehead atoms. The minimum absolute atomic E-state index is 0.125. The fraction of sp³-hybridized carbons (Fsp3) is 0.333. The van der Waals surface area contributed by atoms with Gasteiger partial charge in [-0.1, -0.05) is 31.2 Å². The molecule has 0 aliphatic carbocycles. The van der Waals surface area contributed by atoms with E-state index < -0.39 is 6.10 Å². The number of phenols is 2. The Morgan fingerprint density at radius 1 is 1.03 bits per heavy atom. The van der Waals surface area contributed by atoms with Crippen molar-refractivity contribution in [3.8, 4) is 23.0 Å². The molecule has 3 aromatic rings. The Morgan fingerprint density at radius 3 is 2.50 bits per heavy atom. The van der Waals surface area contributed by atoms with Gasteiger partial charge in [-0.25, -0.2) is 0 Å². The zero-order valence-electron chi connectivity index (χ0n) is 21.0. The van der Waals surface area contributed by atoms with Crippen LogP contribution in [-0.4, -0.2) is 48.0 Å². The van der Waals surface area contributed by atoms with E-state index in [0.717, 1.165) is 41.5 Å². The summed E-state index contributed by atoms with van der Waals surface area (Å²) in [4.78, 5) is 2.49. The normalized spacial score (nSPS) is 20.5. The number of hydrogen-bond donors (Lipinski definition) is 2. The van der Waals surface area contributed by atoms with E-state index in [1.807, 2.05) is 30.3 Å². The van der Waals surface area contributed by atoms with Crippen LogP contribution in [0.1, 0.15) is 43.1 Å². The maximum atomic E-state index is 10.2. The van der Waals surface area contributed by atoms with E-state index in [2.05, 4.69) is 18.7 Å². The van der Waals surface area contributed by atoms with Crippen LogP contribution >= 0.6 is 0 Å². The molecule has 5 rings (SSSR count). The molecule has 1 unspecified atom stereocenters. The van der Waals surface area contributed by atoms with Crippen LogP contribution in [-0.2, 0) is 4.74 Å². The van der Waals surface area contributed by atoms with Crippen molar-refractivity contribution in [3.63, 3.8) is 0 Å². The summed E-state index contributed by atoms with van der Waals surface area (Å²) in [5.74, 6) is 3.06. The van der Waals surface area contributed by atoms with Crippen LogP contribution in [0.15, 0.2) is 66.7 Å². The first-order valence-electron chi connectivity index (χ1n) is 12.5. The average Bonchev–Trinajstić information content (AvgIpc) is 3.33. The highest BCUT2D eigenvalue weighted by Crippen LogP contribution is 2.48. The first-order valence-corrected chi connectivity index (χ1v) is 12.5. The van der Waals surface area contributed by atoms with Crippen LogP contribution in [0.5, 0.6) is 23.0 Å². The Hall–Kier alpha value is -3.64. The molecule has 0 radical (unpaired) electrons. The van der Waals surface area contributed by atoms with Gasteiger partial charge in [0.2, 0.25) is 0 Å². The van der Waals surface area contributed by atoms with Gasteiger partial charge in [-0.05, 0) is 79.4 Å². The summed E-state index contributed by atoms with van der Waals surface area (Å²) >= 11 is 0. The van der Waals surface area contributed by atoms with Crippen LogP contribution < -0.4 is 9.47 Å². The third-order valence-corrected chi connectivity index (χ3v) is 7.07. The number of methoxy groups -OCH3 is 1. The predicted molar refractivity (Wildman–Crippen MR) is 140 cm³/mol. The summed E-state index contributed by atoms with van der Waals surface area (Å²) in [7, 11) is 1.60. The first-order chi connectivity index (χ1) is 17.4. The van der Waals surface area contributed by atoms with Gasteiger partial charge < -0.3 is 24.4 Å². The summed E-state index contributed by atoms with van der Waals surface area (Å²) in [5.41, 5.74) is 3.14. The monoisotopic (exact) mass is 487 g/mol. The number of aromatic hydroxyl groups is 2. The minimum atomic E-state index is -0.474. The smallest absolute Gasteiger partial charge is 0.153 e. The van der Waals surface area contributed by atoms with E-state index in [1.165, 1.54) is 6.42 Å². The lowest BCUT2D eigenvalue weighted by molar-refractivity contribution is 0.169. The van der Waals surface area contributed by atoms with Crippen LogP contribution in [0, 0.1) is 5.92 Å². The van der Waals surface area contributed by atoms with Crippen LogP contribution in [0.2, 0.25) is 0 Å². The molecule has 1 saturated heterocycles. The molecule has 0 amide bonds. The zero-order chi connectivity index (χ0) is 25.2. The number of nitrogens with zero attached hydrogens (tertiary/aromatic N) is 1. The van der Waals surface area contributed by atoms with Crippen molar-refractivity contribution < 1.29 is 24.4 Å². The zero-order valence-corrected chi connectivity index (χ0v) is 21.0. The number of phenolic OH excluding ortho intramolecular Hbond substituents is 2. The van der Waals surface area contributed by atoms with E-state index in [1.54, 1.807) is 43.5 Å². The van der Waals surface area contributed by atoms with Crippen LogP contribution in [0.25, 0.3) is 11.3 Å². The summed E-state index contributed by atoms with van der Waals surface area (Å²) in [6.07, 6.45) is 0.777. The van der Waals surface area contributed by atoms with Gasteiger partial charge >= 0.3 is 0 Å². The SMILES string of the molecule is COC1=C(c2cccc(O)c2)C(c2ccc(OC[C@H](C)N3CC[C@@H](C)C3)cc2)Oc2ccc(O)cc21. The van der Waals surface area contributed by atoms with Gasteiger partial charge in [0.15, 0.2) is 6.10 Å². The number of likely N-dealkylation sites (tertiary alicyclic amines) is 1. The Balaban J connectivity index is 1.43. The van der Waals surface area contributed by atoms with Crippen molar-refractivity contribution in [3.05, 3.63) is 83.4 Å². The Morgan fingerprint density at radius 2 is 1.81 bits per heavy atom. The molecule has 188 valence electrons. The molecule has 0 saturated carbocycles. The molecule has 2 heterocycles. The standard InChI is InChI=1S/C30H33NO5/c1-19-13-14-31(17-19)20(2)18-35-25-10-7-21(8-11-25)29-28(22-5-4-6-23(32)15-22)30(34-3)26-16-24(33)9-12-27(26)36-29/h4-12,15-16,19-20,29,32-33H,13-14,17-18H2,1-3H3/t19-,20+,29?/m1/s1. The first kappa shape index (κ1) is 24.1. The molecule has 2 N–H and O–H groups in total.